The van der Waals surface area contributed by atoms with Gasteiger partial charge in [0.2, 0.25) is 0 Å². The molecule has 0 spiro atoms. The molecule has 17 heteroatoms. The number of aliphatic hydroxyl groups is 11. The Morgan fingerprint density at radius 3 is 1.95 bits per heavy atom. The second kappa shape index (κ2) is 19.1. The lowest BCUT2D eigenvalue weighted by molar-refractivity contribution is -0.345. The van der Waals surface area contributed by atoms with Crippen molar-refractivity contribution in [2.45, 2.75) is 210 Å². The number of fused-ring (bicyclic) bond motifs is 5. The van der Waals surface area contributed by atoms with E-state index in [2.05, 4.69) is 40.7 Å². The molecular weight excluding hydrogens is 836 g/mol. The highest BCUT2D eigenvalue weighted by atomic mass is 16.7. The Bertz CT molecular complexity index is 1610. The third-order valence-electron chi connectivity index (χ3n) is 18.4. The number of rotatable bonds is 13. The van der Waals surface area contributed by atoms with Crippen molar-refractivity contribution in [3.63, 3.8) is 0 Å². The zero-order valence-corrected chi connectivity index (χ0v) is 38.8. The first-order valence-corrected chi connectivity index (χ1v) is 23.9. The minimum atomic E-state index is -1.64. The van der Waals surface area contributed by atoms with E-state index in [0.29, 0.717) is 25.7 Å². The molecule has 0 aromatic heterocycles. The molecule has 0 aromatic rings. The van der Waals surface area contributed by atoms with Gasteiger partial charge in [0, 0.05) is 12.0 Å². The Morgan fingerprint density at radius 1 is 0.672 bits per heavy atom. The SMILES string of the molecule is CC(C)=CCCC(C)(O[C@@H]1O[C@H](CO[C@H]2OC[C@@H](O)[C@H](O)[C@H]2O)[C@@H](O)[C@H](O)[C@H]1O)C1CCC2(C)C1CCC1C3(CO)CCC(O[C@@H]4O[C@H](CO)[C@@H](O)[C@H](O)[C@H]4O)C(C)(C)C3CCC12C. The first-order valence-electron chi connectivity index (χ1n) is 23.9. The van der Waals surface area contributed by atoms with Gasteiger partial charge in [-0.15, -0.1) is 0 Å². The van der Waals surface area contributed by atoms with Gasteiger partial charge < -0.3 is 84.6 Å². The predicted octanol–water partition coefficient (Wildman–Crippen LogP) is 0.614. The Morgan fingerprint density at radius 2 is 1.30 bits per heavy atom. The molecule has 0 aromatic carbocycles. The first kappa shape index (κ1) is 50.9. The highest BCUT2D eigenvalue weighted by Gasteiger charge is 2.71. The van der Waals surface area contributed by atoms with Crippen molar-refractivity contribution in [2.75, 3.05) is 26.4 Å². The average Bonchev–Trinajstić information content (AvgIpc) is 3.62. The maximum absolute atomic E-state index is 11.7. The van der Waals surface area contributed by atoms with Crippen LogP contribution in [0.15, 0.2) is 11.6 Å². The van der Waals surface area contributed by atoms with Crippen LogP contribution in [-0.2, 0) is 28.4 Å². The van der Waals surface area contributed by atoms with Crippen molar-refractivity contribution in [1.29, 1.82) is 0 Å². The molecule has 7 fully saturated rings. The Hall–Kier alpha value is -0.940. The topological polar surface area (TPSA) is 278 Å². The molecule has 17 nitrogen and oxygen atoms in total. The summed E-state index contributed by atoms with van der Waals surface area (Å²) in [6.45, 7) is 14.1. The molecule has 7 rings (SSSR count). The fraction of sp³-hybridized carbons (Fsp3) is 0.957. The van der Waals surface area contributed by atoms with Crippen LogP contribution in [0, 0.1) is 45.3 Å². The largest absolute Gasteiger partial charge is 0.396 e. The van der Waals surface area contributed by atoms with Gasteiger partial charge in [0.15, 0.2) is 18.9 Å². The van der Waals surface area contributed by atoms with Gasteiger partial charge in [0.05, 0.1) is 31.5 Å². The van der Waals surface area contributed by atoms with E-state index in [0.717, 1.165) is 44.1 Å². The normalized spacial score (nSPS) is 51.3. The van der Waals surface area contributed by atoms with Gasteiger partial charge in [0.25, 0.3) is 0 Å². The predicted molar refractivity (Wildman–Crippen MR) is 228 cm³/mol. The maximum atomic E-state index is 11.7. The fourth-order valence-electron chi connectivity index (χ4n) is 14.5. The van der Waals surface area contributed by atoms with E-state index >= 15 is 0 Å². The number of hydrogen-bond donors (Lipinski definition) is 11. The van der Waals surface area contributed by atoms with E-state index in [1.807, 2.05) is 13.8 Å². The Kier molecular flexibility index (Phi) is 15.2. The van der Waals surface area contributed by atoms with Gasteiger partial charge in [-0.3, -0.25) is 0 Å². The third kappa shape index (κ3) is 8.60. The Balaban J connectivity index is 1.10. The van der Waals surface area contributed by atoms with Crippen LogP contribution in [0.4, 0.5) is 0 Å². The molecule has 370 valence electrons. The molecule has 11 N–H and O–H groups in total. The lowest BCUT2D eigenvalue weighted by atomic mass is 9.35. The third-order valence-corrected chi connectivity index (χ3v) is 18.4. The van der Waals surface area contributed by atoms with Crippen molar-refractivity contribution >= 4 is 0 Å². The second-order valence-corrected chi connectivity index (χ2v) is 22.2. The monoisotopic (exact) mass is 917 g/mol. The highest BCUT2D eigenvalue weighted by molar-refractivity contribution is 5.19. The van der Waals surface area contributed by atoms with Crippen molar-refractivity contribution < 1.29 is 84.6 Å². The second-order valence-electron chi connectivity index (χ2n) is 22.2. The van der Waals surface area contributed by atoms with Crippen LogP contribution in [0.5, 0.6) is 0 Å². The van der Waals surface area contributed by atoms with Gasteiger partial charge >= 0.3 is 0 Å². The summed E-state index contributed by atoms with van der Waals surface area (Å²) in [7, 11) is 0. The standard InChI is InChI=1S/C47H80O17/c1-23(2)9-8-15-46(7,64-42-39(58)36(55)34(53)28(62-42)21-60-40-37(56)32(51)26(50)20-59-40)25-12-16-44(5)24(25)10-11-30-45(44,6)17-13-29-43(3,4)31(14-18-47(29,30)22-49)63-41-38(57)35(54)33(52)27(19-48)61-41/h9,24-42,48-58H,8,10-22H2,1-7H3/t24?,25?,26-,27-,28-,29?,30?,31?,32+,33-,34-,35+,36+,37-,38-,39-,40-,41+,42+,44?,45?,46?,47?/m1/s1. The van der Waals surface area contributed by atoms with E-state index in [9.17, 15) is 56.2 Å². The minimum absolute atomic E-state index is 0.0200. The van der Waals surface area contributed by atoms with Crippen LogP contribution in [0.2, 0.25) is 0 Å². The summed E-state index contributed by atoms with van der Waals surface area (Å²) < 4.78 is 36.5. The van der Waals surface area contributed by atoms with E-state index in [-0.39, 0.29) is 60.4 Å². The quantitative estimate of drug-likeness (QED) is 0.0893. The zero-order chi connectivity index (χ0) is 46.9. The van der Waals surface area contributed by atoms with Gasteiger partial charge in [-0.1, -0.05) is 39.3 Å². The van der Waals surface area contributed by atoms with Gasteiger partial charge in [-0.2, -0.15) is 0 Å². The van der Waals surface area contributed by atoms with Crippen molar-refractivity contribution in [3.05, 3.63) is 11.6 Å². The molecule has 4 aliphatic carbocycles. The van der Waals surface area contributed by atoms with Crippen molar-refractivity contribution in [2.24, 2.45) is 45.3 Å². The van der Waals surface area contributed by atoms with Crippen LogP contribution < -0.4 is 0 Å². The number of hydrogen-bond acceptors (Lipinski definition) is 17. The van der Waals surface area contributed by atoms with Gasteiger partial charge in [0.1, 0.15) is 67.1 Å². The summed E-state index contributed by atoms with van der Waals surface area (Å²) in [5.41, 5.74) is -0.893. The van der Waals surface area contributed by atoms with E-state index in [1.165, 1.54) is 0 Å². The summed E-state index contributed by atoms with van der Waals surface area (Å²) in [5.74, 6) is 0.482. The molecular formula is C47H80O17. The summed E-state index contributed by atoms with van der Waals surface area (Å²) in [5, 5.41) is 117. The molecule has 0 radical (unpaired) electrons. The molecule has 64 heavy (non-hydrogen) atoms. The minimum Gasteiger partial charge on any atom is -0.396 e. The molecule has 3 aliphatic heterocycles. The molecule has 9 unspecified atom stereocenters. The lowest BCUT2D eigenvalue weighted by Crippen LogP contribution is -2.67. The molecule has 23 atom stereocenters. The first-order chi connectivity index (χ1) is 30.0. The Labute approximate surface area is 377 Å². The molecule has 3 heterocycles. The van der Waals surface area contributed by atoms with Crippen LogP contribution >= 0.6 is 0 Å². The maximum Gasteiger partial charge on any atom is 0.187 e. The van der Waals surface area contributed by atoms with E-state index < -0.39 is 109 Å². The summed E-state index contributed by atoms with van der Waals surface area (Å²) in [4.78, 5) is 0. The van der Waals surface area contributed by atoms with Crippen LogP contribution in [0.3, 0.4) is 0 Å². The van der Waals surface area contributed by atoms with Crippen LogP contribution in [0.25, 0.3) is 0 Å². The molecule has 0 amide bonds. The van der Waals surface area contributed by atoms with E-state index in [4.69, 9.17) is 28.4 Å². The van der Waals surface area contributed by atoms with Gasteiger partial charge in [-0.05, 0) is 125 Å². The van der Waals surface area contributed by atoms with Crippen molar-refractivity contribution in [1.82, 2.24) is 0 Å². The number of aliphatic hydroxyl groups excluding tert-OH is 11. The smallest absolute Gasteiger partial charge is 0.187 e. The zero-order valence-electron chi connectivity index (χ0n) is 38.8. The molecule has 3 saturated heterocycles. The summed E-state index contributed by atoms with van der Waals surface area (Å²) >= 11 is 0. The molecule has 0 bridgehead atoms. The number of allylic oxidation sites excluding steroid dienone is 2. The fourth-order valence-corrected chi connectivity index (χ4v) is 14.5. The highest BCUT2D eigenvalue weighted by Crippen LogP contribution is 2.76. The summed E-state index contributed by atoms with van der Waals surface area (Å²) in [6, 6.07) is 0. The summed E-state index contributed by atoms with van der Waals surface area (Å²) in [6.07, 6.45) is -10.2. The van der Waals surface area contributed by atoms with E-state index in [1.54, 1.807) is 0 Å². The van der Waals surface area contributed by atoms with Crippen LogP contribution in [0.1, 0.15) is 113 Å². The molecule has 4 saturated carbocycles. The van der Waals surface area contributed by atoms with Crippen LogP contribution in [-0.4, -0.2) is 180 Å². The lowest BCUT2D eigenvalue weighted by Gasteiger charge is -2.70. The molecule has 7 aliphatic rings. The average molecular weight is 917 g/mol. The number of ether oxygens (including phenoxy) is 6. The van der Waals surface area contributed by atoms with Crippen molar-refractivity contribution in [3.8, 4) is 0 Å². The van der Waals surface area contributed by atoms with Gasteiger partial charge in [-0.25, -0.2) is 0 Å².